The Morgan fingerprint density at radius 2 is 2.10 bits per heavy atom. The number of rotatable bonds is 6. The van der Waals surface area contributed by atoms with Crippen molar-refractivity contribution in [3.8, 4) is 11.5 Å². The van der Waals surface area contributed by atoms with Crippen LogP contribution in [-0.2, 0) is 17.6 Å². The molecule has 0 fully saturated rings. The molecule has 0 aliphatic heterocycles. The number of phenolic OH excluding ortho intramolecular Hbond substituents is 1. The highest BCUT2D eigenvalue weighted by Crippen LogP contribution is 2.33. The number of hydrogen-bond donors (Lipinski definition) is 2. The van der Waals surface area contributed by atoms with Crippen molar-refractivity contribution in [3.05, 3.63) is 63.4 Å². The predicted octanol–water partition coefficient (Wildman–Crippen LogP) is 3.45. The van der Waals surface area contributed by atoms with Crippen LogP contribution in [0.4, 0.5) is 5.69 Å². The molecule has 154 valence electrons. The average Bonchev–Trinajstić information content (AvgIpc) is 3.11. The zero-order chi connectivity index (χ0) is 21.1. The van der Waals surface area contributed by atoms with Gasteiger partial charge in [-0.05, 0) is 43.5 Å². The zero-order valence-corrected chi connectivity index (χ0v) is 16.0. The van der Waals surface area contributed by atoms with E-state index in [1.54, 1.807) is 6.07 Å². The molecule has 0 unspecified atom stereocenters. The highest BCUT2D eigenvalue weighted by Gasteiger charge is 2.18. The number of benzene rings is 2. The van der Waals surface area contributed by atoms with Crippen molar-refractivity contribution in [2.45, 2.75) is 25.7 Å². The number of nitrogens with one attached hydrogen (secondary N) is 1. The van der Waals surface area contributed by atoms with E-state index in [0.29, 0.717) is 5.75 Å². The van der Waals surface area contributed by atoms with Crippen molar-refractivity contribution in [2.75, 3.05) is 6.61 Å². The van der Waals surface area contributed by atoms with Gasteiger partial charge in [-0.3, -0.25) is 14.9 Å². The number of fused-ring (bicyclic) bond motifs is 3. The van der Waals surface area contributed by atoms with Gasteiger partial charge in [0.05, 0.1) is 11.1 Å². The number of aromatic hydroxyl groups is 1. The predicted molar refractivity (Wildman–Crippen MR) is 109 cm³/mol. The molecule has 1 aliphatic rings. The lowest BCUT2D eigenvalue weighted by atomic mass is 9.96. The highest BCUT2D eigenvalue weighted by molar-refractivity contribution is 5.86. The lowest BCUT2D eigenvalue weighted by Crippen LogP contribution is -2.24. The molecule has 2 aromatic carbocycles. The molecule has 0 saturated carbocycles. The van der Waals surface area contributed by atoms with Crippen LogP contribution in [0.3, 0.4) is 0 Å². The SMILES string of the molecule is O=C(COc1ccc2oc3c(c2c1)CCCC3)NN=Cc1cc([N+](=O)[O-])ccc1O. The van der Waals surface area contributed by atoms with Crippen LogP contribution in [0, 0.1) is 10.1 Å². The molecule has 9 heteroatoms. The number of carbonyl (C=O) groups excluding carboxylic acids is 1. The van der Waals surface area contributed by atoms with Crippen molar-refractivity contribution in [3.63, 3.8) is 0 Å². The fourth-order valence-electron chi connectivity index (χ4n) is 3.45. The van der Waals surface area contributed by atoms with Gasteiger partial charge in [-0.15, -0.1) is 0 Å². The number of carbonyl (C=O) groups is 1. The van der Waals surface area contributed by atoms with Crippen molar-refractivity contribution in [1.29, 1.82) is 0 Å². The molecular weight excluding hydrogens is 390 g/mol. The van der Waals surface area contributed by atoms with E-state index in [1.807, 2.05) is 12.1 Å². The van der Waals surface area contributed by atoms with Crippen molar-refractivity contribution < 1.29 is 24.0 Å². The van der Waals surface area contributed by atoms with Crippen molar-refractivity contribution in [2.24, 2.45) is 5.10 Å². The normalized spacial score (nSPS) is 13.3. The third kappa shape index (κ3) is 4.09. The van der Waals surface area contributed by atoms with Gasteiger partial charge in [0, 0.05) is 35.1 Å². The second kappa shape index (κ2) is 8.24. The number of non-ortho nitro benzene ring substituents is 1. The topological polar surface area (TPSA) is 127 Å². The van der Waals surface area contributed by atoms with Gasteiger partial charge >= 0.3 is 0 Å². The maximum Gasteiger partial charge on any atom is 0.277 e. The summed E-state index contributed by atoms with van der Waals surface area (Å²) in [5.41, 5.74) is 4.22. The molecule has 1 aliphatic carbocycles. The molecule has 0 atom stereocenters. The van der Waals surface area contributed by atoms with Gasteiger partial charge < -0.3 is 14.3 Å². The van der Waals surface area contributed by atoms with E-state index in [4.69, 9.17) is 9.15 Å². The molecule has 2 N–H and O–H groups in total. The fraction of sp³-hybridized carbons (Fsp3) is 0.238. The average molecular weight is 409 g/mol. The second-order valence-electron chi connectivity index (χ2n) is 6.95. The first kappa shape index (κ1) is 19.4. The lowest BCUT2D eigenvalue weighted by Gasteiger charge is -2.09. The zero-order valence-electron chi connectivity index (χ0n) is 16.0. The maximum absolute atomic E-state index is 12.0. The third-order valence-corrected chi connectivity index (χ3v) is 4.91. The van der Waals surface area contributed by atoms with Crippen LogP contribution in [0.2, 0.25) is 0 Å². The molecule has 0 bridgehead atoms. The Labute approximate surface area is 171 Å². The van der Waals surface area contributed by atoms with Crippen LogP contribution in [0.1, 0.15) is 29.7 Å². The van der Waals surface area contributed by atoms with Gasteiger partial charge in [0.25, 0.3) is 11.6 Å². The van der Waals surface area contributed by atoms with E-state index in [1.165, 1.54) is 17.7 Å². The molecular formula is C21H19N3O6. The van der Waals surface area contributed by atoms with Crippen LogP contribution in [0.5, 0.6) is 11.5 Å². The minimum atomic E-state index is -0.586. The number of ether oxygens (including phenoxy) is 1. The summed E-state index contributed by atoms with van der Waals surface area (Å²) in [5.74, 6) is 0.883. The maximum atomic E-state index is 12.0. The molecule has 4 rings (SSSR count). The molecule has 30 heavy (non-hydrogen) atoms. The van der Waals surface area contributed by atoms with Crippen molar-refractivity contribution >= 4 is 28.8 Å². The van der Waals surface area contributed by atoms with Crippen LogP contribution in [0.15, 0.2) is 45.9 Å². The first-order chi connectivity index (χ1) is 14.5. The number of nitro groups is 1. The van der Waals surface area contributed by atoms with Gasteiger partial charge in [0.15, 0.2) is 6.61 Å². The number of hydrogen-bond acceptors (Lipinski definition) is 7. The first-order valence-electron chi connectivity index (χ1n) is 9.47. The fourth-order valence-corrected chi connectivity index (χ4v) is 3.45. The Balaban J connectivity index is 1.36. The third-order valence-electron chi connectivity index (χ3n) is 4.91. The number of hydrazone groups is 1. The largest absolute Gasteiger partial charge is 0.507 e. The molecule has 1 amide bonds. The van der Waals surface area contributed by atoms with E-state index in [9.17, 15) is 20.0 Å². The molecule has 1 heterocycles. The summed E-state index contributed by atoms with van der Waals surface area (Å²) in [4.78, 5) is 22.2. The number of aryl methyl sites for hydroxylation is 2. The Kier molecular flexibility index (Phi) is 5.34. The number of furan rings is 1. The van der Waals surface area contributed by atoms with E-state index >= 15 is 0 Å². The summed E-state index contributed by atoms with van der Waals surface area (Å²) in [7, 11) is 0. The highest BCUT2D eigenvalue weighted by atomic mass is 16.6. The summed E-state index contributed by atoms with van der Waals surface area (Å²) >= 11 is 0. The van der Waals surface area contributed by atoms with Gasteiger partial charge in [0.2, 0.25) is 0 Å². The summed E-state index contributed by atoms with van der Waals surface area (Å²) in [6.45, 7) is -0.260. The van der Waals surface area contributed by atoms with Crippen LogP contribution in [-0.4, -0.2) is 28.8 Å². The van der Waals surface area contributed by atoms with Crippen molar-refractivity contribution in [1.82, 2.24) is 5.43 Å². The van der Waals surface area contributed by atoms with E-state index in [-0.39, 0.29) is 23.6 Å². The molecule has 0 spiro atoms. The quantitative estimate of drug-likeness (QED) is 0.365. The Morgan fingerprint density at radius 3 is 2.93 bits per heavy atom. The van der Waals surface area contributed by atoms with Crippen LogP contribution >= 0.6 is 0 Å². The smallest absolute Gasteiger partial charge is 0.277 e. The minimum absolute atomic E-state index is 0.112. The van der Waals surface area contributed by atoms with E-state index < -0.39 is 10.8 Å². The van der Waals surface area contributed by atoms with Crippen LogP contribution < -0.4 is 10.2 Å². The summed E-state index contributed by atoms with van der Waals surface area (Å²) in [5, 5.41) is 25.3. The molecule has 0 radical (unpaired) electrons. The molecule has 0 saturated heterocycles. The standard InChI is InChI=1S/C21H19N3O6/c25-18-7-5-14(24(27)28)9-13(18)11-22-23-21(26)12-29-15-6-8-20-17(10-15)16-3-1-2-4-19(16)30-20/h5-11,25H,1-4,12H2,(H,23,26). The number of phenols is 1. The molecule has 1 aromatic heterocycles. The Hall–Kier alpha value is -3.88. The van der Waals surface area contributed by atoms with E-state index in [0.717, 1.165) is 54.7 Å². The Bertz CT molecular complexity index is 1150. The second-order valence-corrected chi connectivity index (χ2v) is 6.95. The number of nitro benzene ring substituents is 1. The van der Waals surface area contributed by atoms with E-state index in [2.05, 4.69) is 10.5 Å². The first-order valence-corrected chi connectivity index (χ1v) is 9.47. The molecule has 3 aromatic rings. The van der Waals surface area contributed by atoms with Gasteiger partial charge in [-0.1, -0.05) is 0 Å². The summed E-state index contributed by atoms with van der Waals surface area (Å²) < 4.78 is 11.4. The van der Waals surface area contributed by atoms with Gasteiger partial charge in [-0.25, -0.2) is 5.43 Å². The summed E-state index contributed by atoms with van der Waals surface area (Å²) in [6.07, 6.45) is 5.31. The summed E-state index contributed by atoms with van der Waals surface area (Å²) in [6, 6.07) is 8.98. The van der Waals surface area contributed by atoms with Crippen LogP contribution in [0.25, 0.3) is 11.0 Å². The number of amides is 1. The van der Waals surface area contributed by atoms with Gasteiger partial charge in [0.1, 0.15) is 22.8 Å². The Morgan fingerprint density at radius 1 is 1.27 bits per heavy atom. The number of nitrogens with zero attached hydrogens (tertiary/aromatic N) is 2. The lowest BCUT2D eigenvalue weighted by molar-refractivity contribution is -0.384. The van der Waals surface area contributed by atoms with Gasteiger partial charge in [-0.2, -0.15) is 5.10 Å². The molecule has 9 nitrogen and oxygen atoms in total. The minimum Gasteiger partial charge on any atom is -0.507 e. The monoisotopic (exact) mass is 409 g/mol.